The summed E-state index contributed by atoms with van der Waals surface area (Å²) in [5.41, 5.74) is 1.52. The Kier molecular flexibility index (Phi) is 5.37. The monoisotopic (exact) mass is 419 g/mol. The minimum atomic E-state index is 0. The van der Waals surface area contributed by atoms with Gasteiger partial charge in [0.15, 0.2) is 5.96 Å². The highest BCUT2D eigenvalue weighted by atomic mass is 127. The molecule has 1 N–H and O–H groups in total. The van der Waals surface area contributed by atoms with E-state index >= 15 is 0 Å². The molecule has 3 rings (SSSR count). The number of aliphatic imine (C=N–C) groups is 1. The maximum Gasteiger partial charge on any atom is 0.194 e. The molecule has 6 nitrogen and oxygen atoms in total. The fraction of sp³-hybridized carbons (Fsp3) is 0.733. The van der Waals surface area contributed by atoms with Crippen LogP contribution in [0.25, 0.3) is 0 Å². The van der Waals surface area contributed by atoms with Crippen molar-refractivity contribution in [3.63, 3.8) is 0 Å². The lowest BCUT2D eigenvalue weighted by atomic mass is 10.1. The molecule has 1 aromatic heterocycles. The van der Waals surface area contributed by atoms with Crippen LogP contribution in [0.1, 0.15) is 31.9 Å². The van der Waals surface area contributed by atoms with E-state index in [0.29, 0.717) is 18.1 Å². The summed E-state index contributed by atoms with van der Waals surface area (Å²) in [6.45, 7) is 6.99. The Morgan fingerprint density at radius 1 is 1.50 bits per heavy atom. The van der Waals surface area contributed by atoms with Gasteiger partial charge in [-0.1, -0.05) is 13.8 Å². The summed E-state index contributed by atoms with van der Waals surface area (Å²) < 4.78 is 7.70. The van der Waals surface area contributed by atoms with Gasteiger partial charge in [-0.2, -0.15) is 5.10 Å². The predicted molar refractivity (Wildman–Crippen MR) is 97.6 cm³/mol. The lowest BCUT2D eigenvalue weighted by Crippen LogP contribution is -2.49. The zero-order valence-electron chi connectivity index (χ0n) is 13.7. The first kappa shape index (κ1) is 17.5. The highest BCUT2D eigenvalue weighted by Gasteiger charge is 2.46. The summed E-state index contributed by atoms with van der Waals surface area (Å²) in [6.07, 6.45) is 5.18. The predicted octanol–water partition coefficient (Wildman–Crippen LogP) is 1.79. The fourth-order valence-corrected chi connectivity index (χ4v) is 2.82. The molecule has 0 spiro atoms. The lowest BCUT2D eigenvalue weighted by molar-refractivity contribution is -0.00810. The molecular weight excluding hydrogens is 393 g/mol. The normalized spacial score (nSPS) is 27.3. The standard InChI is InChI=1S/C15H25N5O.HI/c1-15(2)7-13(15)18-14(16-3)20-5-6-21-12(10-20)11-8-17-19(4)9-11;/h8-9,12-13H,5-7,10H2,1-4H3,(H,16,18);1H. The second-order valence-corrected chi connectivity index (χ2v) is 6.69. The SMILES string of the molecule is CN=C(NC1CC1(C)C)N1CCOC(c2cnn(C)c2)C1.I. The molecular formula is C15H26IN5O. The Bertz CT molecular complexity index is 542. The van der Waals surface area contributed by atoms with Crippen molar-refractivity contribution in [3.05, 3.63) is 18.0 Å². The number of aryl methyl sites for hydroxylation is 1. The average molecular weight is 419 g/mol. The Balaban J connectivity index is 0.00000176. The number of nitrogens with zero attached hydrogens (tertiary/aromatic N) is 4. The minimum Gasteiger partial charge on any atom is -0.370 e. The van der Waals surface area contributed by atoms with E-state index in [0.717, 1.165) is 24.6 Å². The van der Waals surface area contributed by atoms with Gasteiger partial charge in [0.25, 0.3) is 0 Å². The molecule has 1 saturated heterocycles. The highest BCUT2D eigenvalue weighted by Crippen LogP contribution is 2.44. The van der Waals surface area contributed by atoms with Gasteiger partial charge in [-0.3, -0.25) is 9.67 Å². The van der Waals surface area contributed by atoms with Crippen LogP contribution in [-0.2, 0) is 11.8 Å². The quantitative estimate of drug-likeness (QED) is 0.451. The van der Waals surface area contributed by atoms with Crippen LogP contribution in [0, 0.1) is 5.41 Å². The summed E-state index contributed by atoms with van der Waals surface area (Å²) in [6, 6.07) is 0.538. The van der Waals surface area contributed by atoms with E-state index < -0.39 is 0 Å². The number of aromatic nitrogens is 2. The third-order valence-electron chi connectivity index (χ3n) is 4.49. The summed E-state index contributed by atoms with van der Waals surface area (Å²) in [5, 5.41) is 7.81. The molecule has 2 aliphatic rings. The molecule has 1 aliphatic carbocycles. The fourth-order valence-electron chi connectivity index (χ4n) is 2.82. The van der Waals surface area contributed by atoms with Crippen molar-refractivity contribution >= 4 is 29.9 Å². The Labute approximate surface area is 149 Å². The van der Waals surface area contributed by atoms with E-state index in [1.807, 2.05) is 31.2 Å². The van der Waals surface area contributed by atoms with Gasteiger partial charge in [0.1, 0.15) is 6.10 Å². The van der Waals surface area contributed by atoms with Crippen molar-refractivity contribution < 1.29 is 4.74 Å². The van der Waals surface area contributed by atoms with Gasteiger partial charge in [0.05, 0.1) is 19.3 Å². The second-order valence-electron chi connectivity index (χ2n) is 6.69. The van der Waals surface area contributed by atoms with E-state index in [2.05, 4.69) is 34.2 Å². The molecule has 1 saturated carbocycles. The molecule has 0 bridgehead atoms. The van der Waals surface area contributed by atoms with Gasteiger partial charge in [-0.25, -0.2) is 0 Å². The van der Waals surface area contributed by atoms with Crippen molar-refractivity contribution in [1.82, 2.24) is 20.0 Å². The molecule has 2 atom stereocenters. The summed E-state index contributed by atoms with van der Waals surface area (Å²) in [7, 11) is 3.78. The van der Waals surface area contributed by atoms with Gasteiger partial charge >= 0.3 is 0 Å². The Morgan fingerprint density at radius 3 is 2.77 bits per heavy atom. The molecule has 2 heterocycles. The number of ether oxygens (including phenoxy) is 1. The summed E-state index contributed by atoms with van der Waals surface area (Å²) in [4.78, 5) is 6.73. The smallest absolute Gasteiger partial charge is 0.194 e. The third kappa shape index (κ3) is 3.73. The van der Waals surface area contributed by atoms with Crippen LogP contribution in [0.15, 0.2) is 17.4 Å². The van der Waals surface area contributed by atoms with Crippen LogP contribution in [0.4, 0.5) is 0 Å². The molecule has 1 aliphatic heterocycles. The highest BCUT2D eigenvalue weighted by molar-refractivity contribution is 14.0. The molecule has 0 radical (unpaired) electrons. The zero-order chi connectivity index (χ0) is 15.0. The average Bonchev–Trinajstić information content (AvgIpc) is 2.84. The van der Waals surface area contributed by atoms with Crippen LogP contribution in [0.5, 0.6) is 0 Å². The van der Waals surface area contributed by atoms with Crippen molar-refractivity contribution in [2.24, 2.45) is 17.5 Å². The van der Waals surface area contributed by atoms with Crippen LogP contribution < -0.4 is 5.32 Å². The van der Waals surface area contributed by atoms with Crippen LogP contribution in [0.3, 0.4) is 0 Å². The zero-order valence-corrected chi connectivity index (χ0v) is 16.1. The molecule has 0 amide bonds. The number of rotatable bonds is 2. The molecule has 7 heteroatoms. The largest absolute Gasteiger partial charge is 0.370 e. The first-order valence-corrected chi connectivity index (χ1v) is 7.58. The van der Waals surface area contributed by atoms with Crippen LogP contribution in [-0.4, -0.2) is 53.4 Å². The summed E-state index contributed by atoms with van der Waals surface area (Å²) in [5.74, 6) is 0.989. The molecule has 0 aromatic carbocycles. The first-order valence-electron chi connectivity index (χ1n) is 7.58. The number of hydrogen-bond acceptors (Lipinski definition) is 3. The minimum absolute atomic E-state index is 0. The van der Waals surface area contributed by atoms with Gasteiger partial charge in [-0.05, 0) is 11.8 Å². The van der Waals surface area contributed by atoms with Gasteiger partial charge in [-0.15, -0.1) is 24.0 Å². The van der Waals surface area contributed by atoms with E-state index in [1.165, 1.54) is 6.42 Å². The maximum atomic E-state index is 5.89. The van der Waals surface area contributed by atoms with Crippen molar-refractivity contribution in [1.29, 1.82) is 0 Å². The van der Waals surface area contributed by atoms with Crippen LogP contribution in [0.2, 0.25) is 0 Å². The summed E-state index contributed by atoms with van der Waals surface area (Å²) >= 11 is 0. The van der Waals surface area contributed by atoms with Crippen molar-refractivity contribution in [2.75, 3.05) is 26.7 Å². The maximum absolute atomic E-state index is 5.89. The third-order valence-corrected chi connectivity index (χ3v) is 4.49. The number of guanidine groups is 1. The van der Waals surface area contributed by atoms with Crippen LogP contribution >= 0.6 is 24.0 Å². The van der Waals surface area contributed by atoms with Gasteiger partial charge in [0.2, 0.25) is 0 Å². The lowest BCUT2D eigenvalue weighted by Gasteiger charge is -2.35. The van der Waals surface area contributed by atoms with Crippen molar-refractivity contribution in [2.45, 2.75) is 32.4 Å². The number of hydrogen-bond donors (Lipinski definition) is 1. The van der Waals surface area contributed by atoms with Gasteiger partial charge < -0.3 is 15.0 Å². The van der Waals surface area contributed by atoms with Crippen molar-refractivity contribution in [3.8, 4) is 0 Å². The molecule has 2 fully saturated rings. The first-order chi connectivity index (χ1) is 9.99. The number of nitrogens with one attached hydrogen (secondary N) is 1. The van der Waals surface area contributed by atoms with Gasteiger partial charge in [0, 0.05) is 38.4 Å². The Hall–Kier alpha value is -0.830. The molecule has 22 heavy (non-hydrogen) atoms. The molecule has 124 valence electrons. The van der Waals surface area contributed by atoms with E-state index in [1.54, 1.807) is 0 Å². The topological polar surface area (TPSA) is 54.7 Å². The Morgan fingerprint density at radius 2 is 2.23 bits per heavy atom. The van der Waals surface area contributed by atoms with E-state index in [9.17, 15) is 0 Å². The molecule has 2 unspecified atom stereocenters. The number of morpholine rings is 1. The second kappa shape index (κ2) is 6.74. The van der Waals surface area contributed by atoms with E-state index in [4.69, 9.17) is 4.74 Å². The van der Waals surface area contributed by atoms with E-state index in [-0.39, 0.29) is 30.1 Å². The molecule has 1 aromatic rings. The number of halogens is 1.